The van der Waals surface area contributed by atoms with E-state index in [0.29, 0.717) is 22.8 Å². The molecule has 26 heavy (non-hydrogen) atoms. The van der Waals surface area contributed by atoms with Crippen LogP contribution in [0.1, 0.15) is 43.7 Å². The van der Waals surface area contributed by atoms with Crippen molar-refractivity contribution in [1.29, 1.82) is 0 Å². The molecule has 7 heteroatoms. The van der Waals surface area contributed by atoms with E-state index in [1.165, 1.54) is 0 Å². The zero-order chi connectivity index (χ0) is 18.7. The topological polar surface area (TPSA) is 89.7 Å². The molecule has 3 rings (SSSR count). The first-order valence-corrected chi connectivity index (χ1v) is 8.82. The highest BCUT2D eigenvalue weighted by molar-refractivity contribution is 6.69. The lowest BCUT2D eigenvalue weighted by Gasteiger charge is -2.32. The fourth-order valence-electron chi connectivity index (χ4n) is 3.87. The van der Waals surface area contributed by atoms with E-state index < -0.39 is 5.97 Å². The summed E-state index contributed by atoms with van der Waals surface area (Å²) in [5.41, 5.74) is 1.62. The van der Waals surface area contributed by atoms with E-state index in [2.05, 4.69) is 5.16 Å². The molecule has 1 heterocycles. The third-order valence-electron chi connectivity index (χ3n) is 5.06. The molecule has 0 amide bonds. The van der Waals surface area contributed by atoms with Crippen molar-refractivity contribution in [3.8, 4) is 11.5 Å². The fraction of sp³-hybridized carbons (Fsp3) is 0.526. The van der Waals surface area contributed by atoms with Crippen molar-refractivity contribution < 1.29 is 24.2 Å². The Morgan fingerprint density at radius 2 is 1.88 bits per heavy atom. The summed E-state index contributed by atoms with van der Waals surface area (Å²) in [6.07, 6.45) is 4.81. The smallest absolute Gasteiger partial charge is 0.362 e. The normalized spacial score (nSPS) is 18.3. The zero-order valence-corrected chi connectivity index (χ0v) is 15.4. The van der Waals surface area contributed by atoms with Crippen molar-refractivity contribution in [1.82, 2.24) is 0 Å². The van der Waals surface area contributed by atoms with E-state index in [1.807, 2.05) is 6.07 Å². The van der Waals surface area contributed by atoms with Gasteiger partial charge in [0.15, 0.2) is 11.5 Å². The van der Waals surface area contributed by atoms with Crippen molar-refractivity contribution in [3.63, 3.8) is 0 Å². The van der Waals surface area contributed by atoms with E-state index in [4.69, 9.17) is 19.2 Å². The number of hydrogen-bond donors (Lipinski definition) is 1. The number of benzene rings is 1. The van der Waals surface area contributed by atoms with Crippen LogP contribution in [0.5, 0.6) is 11.5 Å². The van der Waals surface area contributed by atoms with Crippen molar-refractivity contribution in [2.45, 2.75) is 44.6 Å². The molecule has 1 spiro atoms. The number of methoxy groups -OCH3 is 2. The van der Waals surface area contributed by atoms with Crippen LogP contribution in [-0.2, 0) is 16.0 Å². The van der Waals surface area contributed by atoms with Gasteiger partial charge in [-0.1, -0.05) is 18.0 Å². The highest BCUT2D eigenvalue weighted by atomic mass is 16.5. The van der Waals surface area contributed by atoms with Gasteiger partial charge in [0.05, 0.1) is 26.4 Å². The minimum atomic E-state index is -0.690. The van der Waals surface area contributed by atoms with Gasteiger partial charge in [0, 0.05) is 5.56 Å². The summed E-state index contributed by atoms with van der Waals surface area (Å²) in [7, 11) is 3.14. The third kappa shape index (κ3) is 3.13. The van der Waals surface area contributed by atoms with Crippen LogP contribution in [0, 0.1) is 0 Å². The number of carbonyl (C=O) groups excluding carboxylic acids is 1. The molecule has 1 aromatic rings. The highest BCUT2D eigenvalue weighted by Gasteiger charge is 2.40. The summed E-state index contributed by atoms with van der Waals surface area (Å²) < 4.78 is 15.9. The van der Waals surface area contributed by atoms with E-state index in [0.717, 1.165) is 37.7 Å². The Morgan fingerprint density at radius 1 is 1.23 bits per heavy atom. The van der Waals surface area contributed by atoms with Gasteiger partial charge in [0.2, 0.25) is 5.71 Å². The summed E-state index contributed by atoms with van der Waals surface area (Å²) in [6.45, 7) is 1.89. The Labute approximate surface area is 152 Å². The molecule has 7 nitrogen and oxygen atoms in total. The quantitative estimate of drug-likeness (QED) is 0.377. The number of oxime groups is 1. The molecule has 0 radical (unpaired) electrons. The first-order valence-electron chi connectivity index (χ1n) is 8.82. The molecule has 1 fully saturated rings. The number of nitrogens with zero attached hydrogens (tertiary/aromatic N) is 2. The number of esters is 1. The van der Waals surface area contributed by atoms with Gasteiger partial charge in [-0.25, -0.2) is 4.79 Å². The second-order valence-corrected chi connectivity index (χ2v) is 6.60. The summed E-state index contributed by atoms with van der Waals surface area (Å²) in [6, 6.07) is 3.70. The number of rotatable bonds is 5. The molecule has 0 unspecified atom stereocenters. The van der Waals surface area contributed by atoms with Crippen LogP contribution in [0.4, 0.5) is 0 Å². The molecule has 140 valence electrons. The summed E-state index contributed by atoms with van der Waals surface area (Å²) >= 11 is 0. The molecule has 1 saturated carbocycles. The van der Waals surface area contributed by atoms with Gasteiger partial charge in [-0.3, -0.25) is 4.99 Å². The monoisotopic (exact) mass is 360 g/mol. The van der Waals surface area contributed by atoms with Crippen LogP contribution in [0.2, 0.25) is 0 Å². The Bertz CT molecular complexity index is 763. The van der Waals surface area contributed by atoms with Crippen molar-refractivity contribution in [2.24, 2.45) is 10.1 Å². The number of ether oxygens (including phenoxy) is 3. The van der Waals surface area contributed by atoms with Crippen LogP contribution < -0.4 is 9.47 Å². The number of hydrogen-bond acceptors (Lipinski definition) is 7. The first kappa shape index (κ1) is 18.2. The van der Waals surface area contributed by atoms with Crippen LogP contribution in [-0.4, -0.2) is 49.0 Å². The average molecular weight is 360 g/mol. The first-order chi connectivity index (χ1) is 12.6. The summed E-state index contributed by atoms with van der Waals surface area (Å²) in [4.78, 5) is 17.2. The molecule has 0 atom stereocenters. The lowest BCUT2D eigenvalue weighted by molar-refractivity contribution is -0.134. The van der Waals surface area contributed by atoms with Crippen LogP contribution >= 0.6 is 0 Å². The van der Waals surface area contributed by atoms with Gasteiger partial charge < -0.3 is 19.4 Å². The zero-order valence-electron chi connectivity index (χ0n) is 15.4. The molecule has 1 aromatic carbocycles. The van der Waals surface area contributed by atoms with Gasteiger partial charge in [-0.2, -0.15) is 0 Å². The van der Waals surface area contributed by atoms with Gasteiger partial charge in [0.25, 0.3) is 0 Å². The van der Waals surface area contributed by atoms with Crippen molar-refractivity contribution in [3.05, 3.63) is 23.3 Å². The number of aliphatic imine (C=N–C) groups is 1. The minimum absolute atomic E-state index is 0.175. The van der Waals surface area contributed by atoms with E-state index in [1.54, 1.807) is 27.2 Å². The third-order valence-corrected chi connectivity index (χ3v) is 5.06. The Hall–Kier alpha value is -2.57. The predicted octanol–water partition coefficient (Wildman–Crippen LogP) is 2.76. The SMILES string of the molecule is CCOC(=O)C(=NO)C1=NC2(CCCC2)Cc2cc(OC)c(OC)cc21. The molecule has 0 saturated heterocycles. The van der Waals surface area contributed by atoms with Crippen molar-refractivity contribution in [2.75, 3.05) is 20.8 Å². The van der Waals surface area contributed by atoms with Gasteiger partial charge in [-0.15, -0.1) is 0 Å². The second-order valence-electron chi connectivity index (χ2n) is 6.60. The minimum Gasteiger partial charge on any atom is -0.493 e. The lowest BCUT2D eigenvalue weighted by Crippen LogP contribution is -2.38. The van der Waals surface area contributed by atoms with Gasteiger partial charge in [-0.05, 0) is 43.9 Å². The Balaban J connectivity index is 2.16. The predicted molar refractivity (Wildman–Crippen MR) is 96.8 cm³/mol. The van der Waals surface area contributed by atoms with Crippen LogP contribution in [0.15, 0.2) is 22.3 Å². The average Bonchev–Trinajstić information content (AvgIpc) is 3.09. The standard InChI is InChI=1S/C19H24N2O5/c1-4-26-18(22)17(21-23)16-13-10-15(25-3)14(24-2)9-12(13)11-19(20-16)7-5-6-8-19/h9-10,23H,4-8,11H2,1-3H3. The number of fused-ring (bicyclic) bond motifs is 1. The lowest BCUT2D eigenvalue weighted by atomic mass is 9.82. The summed E-state index contributed by atoms with van der Waals surface area (Å²) in [5, 5.41) is 12.7. The van der Waals surface area contributed by atoms with E-state index >= 15 is 0 Å². The fourth-order valence-corrected chi connectivity index (χ4v) is 3.87. The molecule has 1 aliphatic heterocycles. The van der Waals surface area contributed by atoms with Crippen LogP contribution in [0.25, 0.3) is 0 Å². The molecular weight excluding hydrogens is 336 g/mol. The van der Waals surface area contributed by atoms with Crippen LogP contribution in [0.3, 0.4) is 0 Å². The van der Waals surface area contributed by atoms with E-state index in [-0.39, 0.29) is 17.9 Å². The van der Waals surface area contributed by atoms with Gasteiger partial charge in [0.1, 0.15) is 5.71 Å². The maximum Gasteiger partial charge on any atom is 0.362 e. The Kier molecular flexibility index (Phi) is 5.15. The Morgan fingerprint density at radius 3 is 2.46 bits per heavy atom. The number of carbonyl (C=O) groups is 1. The largest absolute Gasteiger partial charge is 0.493 e. The molecule has 0 aromatic heterocycles. The van der Waals surface area contributed by atoms with E-state index in [9.17, 15) is 10.0 Å². The molecule has 2 aliphatic rings. The molecule has 1 aliphatic carbocycles. The molecular formula is C19H24N2O5. The van der Waals surface area contributed by atoms with Gasteiger partial charge >= 0.3 is 5.97 Å². The molecule has 0 bridgehead atoms. The maximum atomic E-state index is 12.3. The second kappa shape index (κ2) is 7.35. The summed E-state index contributed by atoms with van der Waals surface area (Å²) in [5.74, 6) is 0.464. The van der Waals surface area contributed by atoms with Crippen molar-refractivity contribution >= 4 is 17.4 Å². The molecule has 1 N–H and O–H groups in total. The maximum absolute atomic E-state index is 12.3. The highest BCUT2D eigenvalue weighted by Crippen LogP contribution is 2.43.